The molecule has 1 atom stereocenters. The molecule has 18 heavy (non-hydrogen) atoms. The van der Waals surface area contributed by atoms with Gasteiger partial charge in [0.15, 0.2) is 5.82 Å². The Morgan fingerprint density at radius 1 is 1.61 bits per heavy atom. The minimum absolute atomic E-state index is 0.0747. The smallest absolute Gasteiger partial charge is 0.277 e. The lowest BCUT2D eigenvalue weighted by Crippen LogP contribution is -2.44. The number of nitrogens with zero attached hydrogens (tertiary/aromatic N) is 2. The third-order valence-corrected chi connectivity index (χ3v) is 2.75. The fraction of sp³-hybridized carbons (Fsp3) is 0.600. The molecular weight excluding hydrogens is 236 g/mol. The highest BCUT2D eigenvalue weighted by atomic mass is 16.5. The van der Waals surface area contributed by atoms with E-state index in [1.54, 1.807) is 7.05 Å². The highest BCUT2D eigenvalue weighted by molar-refractivity contribution is 5.64. The van der Waals surface area contributed by atoms with Crippen molar-refractivity contribution in [3.63, 3.8) is 0 Å². The zero-order chi connectivity index (χ0) is 13.1. The predicted molar refractivity (Wildman–Crippen MR) is 69.7 cm³/mol. The quantitative estimate of drug-likeness (QED) is 0.553. The molecule has 8 heteroatoms. The van der Waals surface area contributed by atoms with Crippen molar-refractivity contribution in [1.29, 1.82) is 0 Å². The summed E-state index contributed by atoms with van der Waals surface area (Å²) in [5.74, 6) is 0.477. The Labute approximate surface area is 105 Å². The highest BCUT2D eigenvalue weighted by Crippen LogP contribution is 2.16. The minimum atomic E-state index is -0.309. The fourth-order valence-electron chi connectivity index (χ4n) is 1.84. The second-order valence-corrected chi connectivity index (χ2v) is 4.19. The Hall–Kier alpha value is -1.80. The maximum Gasteiger partial charge on any atom is 0.277 e. The number of rotatable bonds is 3. The normalized spacial score (nSPS) is 20.7. The molecule has 0 saturated carbocycles. The van der Waals surface area contributed by atoms with Crippen LogP contribution in [0, 0.1) is 0 Å². The average molecular weight is 254 g/mol. The van der Waals surface area contributed by atoms with E-state index >= 15 is 0 Å². The van der Waals surface area contributed by atoms with Gasteiger partial charge in [-0.3, -0.25) is 14.7 Å². The van der Waals surface area contributed by atoms with E-state index in [-0.39, 0.29) is 17.7 Å². The number of H-pyrrole nitrogens is 1. The minimum Gasteiger partial charge on any atom is -0.381 e. The van der Waals surface area contributed by atoms with Crippen molar-refractivity contribution in [2.24, 2.45) is 0 Å². The van der Waals surface area contributed by atoms with E-state index in [4.69, 9.17) is 10.5 Å². The van der Waals surface area contributed by atoms with Crippen LogP contribution in [0.15, 0.2) is 4.79 Å². The summed E-state index contributed by atoms with van der Waals surface area (Å²) in [6.07, 6.45) is -0.204. The molecule has 100 valence electrons. The first kappa shape index (κ1) is 12.7. The molecule has 0 aliphatic carbocycles. The van der Waals surface area contributed by atoms with Crippen molar-refractivity contribution in [3.05, 3.63) is 10.4 Å². The summed E-state index contributed by atoms with van der Waals surface area (Å²) in [6.45, 7) is 2.25. The van der Waals surface area contributed by atoms with Crippen LogP contribution in [0.4, 0.5) is 17.5 Å². The fourth-order valence-corrected chi connectivity index (χ4v) is 1.84. The summed E-state index contributed by atoms with van der Waals surface area (Å²) in [6, 6.07) is 0. The zero-order valence-electron chi connectivity index (χ0n) is 10.5. The van der Waals surface area contributed by atoms with Gasteiger partial charge in [0.25, 0.3) is 5.56 Å². The van der Waals surface area contributed by atoms with E-state index in [0.717, 1.165) is 13.1 Å². The largest absolute Gasteiger partial charge is 0.381 e. The number of aromatic amines is 1. The van der Waals surface area contributed by atoms with Crippen LogP contribution in [0.25, 0.3) is 0 Å². The molecule has 0 spiro atoms. The molecule has 0 aromatic carbocycles. The number of likely N-dealkylation sites (N-methyl/N-ethyl adjacent to an activating group) is 1. The standard InChI is InChI=1S/C10H18N6O2/c1-12-7-8(14-10(11)15-9(7)17)13-6-5-16(2)3-4-18-6/h6,12H,3-5H2,1-2H3,(H4,11,13,14,15,17). The lowest BCUT2D eigenvalue weighted by Gasteiger charge is -2.31. The molecule has 2 rings (SSSR count). The van der Waals surface area contributed by atoms with Gasteiger partial charge in [0.05, 0.1) is 6.61 Å². The van der Waals surface area contributed by atoms with E-state index in [1.807, 2.05) is 7.05 Å². The van der Waals surface area contributed by atoms with Crippen molar-refractivity contribution in [1.82, 2.24) is 14.9 Å². The first-order valence-electron chi connectivity index (χ1n) is 5.74. The lowest BCUT2D eigenvalue weighted by atomic mass is 10.3. The molecule has 5 N–H and O–H groups in total. The summed E-state index contributed by atoms with van der Waals surface area (Å²) >= 11 is 0. The predicted octanol–water partition coefficient (Wildman–Crippen LogP) is -0.906. The number of ether oxygens (including phenoxy) is 1. The van der Waals surface area contributed by atoms with Gasteiger partial charge in [0.1, 0.15) is 11.9 Å². The maximum absolute atomic E-state index is 11.7. The molecule has 1 saturated heterocycles. The molecule has 0 bridgehead atoms. The van der Waals surface area contributed by atoms with Crippen molar-refractivity contribution in [2.45, 2.75) is 6.23 Å². The summed E-state index contributed by atoms with van der Waals surface area (Å²) < 4.78 is 5.56. The van der Waals surface area contributed by atoms with Gasteiger partial charge in [-0.05, 0) is 7.05 Å². The number of morpholine rings is 1. The first-order chi connectivity index (χ1) is 8.60. The number of aromatic nitrogens is 2. The van der Waals surface area contributed by atoms with Crippen LogP contribution < -0.4 is 21.9 Å². The van der Waals surface area contributed by atoms with Crippen LogP contribution in [-0.2, 0) is 4.74 Å². The molecule has 1 aromatic heterocycles. The van der Waals surface area contributed by atoms with Gasteiger partial charge in [0.2, 0.25) is 5.95 Å². The monoisotopic (exact) mass is 254 g/mol. The van der Waals surface area contributed by atoms with Gasteiger partial charge in [-0.1, -0.05) is 0 Å². The Kier molecular flexibility index (Phi) is 3.68. The SMILES string of the molecule is CNc1c(NC2CN(C)CCO2)nc(N)[nH]c1=O. The second kappa shape index (κ2) is 5.23. The van der Waals surface area contributed by atoms with E-state index in [1.165, 1.54) is 0 Å². The summed E-state index contributed by atoms with van der Waals surface area (Å²) in [5.41, 5.74) is 5.57. The van der Waals surface area contributed by atoms with E-state index in [0.29, 0.717) is 18.1 Å². The second-order valence-electron chi connectivity index (χ2n) is 4.19. The zero-order valence-corrected chi connectivity index (χ0v) is 10.5. The molecule has 2 heterocycles. The van der Waals surface area contributed by atoms with Gasteiger partial charge in [0, 0.05) is 20.1 Å². The molecule has 1 aliphatic rings. The van der Waals surface area contributed by atoms with Gasteiger partial charge in [-0.2, -0.15) is 4.98 Å². The molecule has 0 radical (unpaired) electrons. The number of nitrogens with one attached hydrogen (secondary N) is 3. The Balaban J connectivity index is 2.20. The van der Waals surface area contributed by atoms with E-state index in [9.17, 15) is 4.79 Å². The van der Waals surface area contributed by atoms with Crippen LogP contribution >= 0.6 is 0 Å². The van der Waals surface area contributed by atoms with Gasteiger partial charge < -0.3 is 21.1 Å². The third-order valence-electron chi connectivity index (χ3n) is 2.75. The molecule has 0 amide bonds. The van der Waals surface area contributed by atoms with Gasteiger partial charge in [-0.25, -0.2) is 0 Å². The van der Waals surface area contributed by atoms with Gasteiger partial charge in [-0.15, -0.1) is 0 Å². The average Bonchev–Trinajstić information content (AvgIpc) is 2.28. The van der Waals surface area contributed by atoms with Crippen LogP contribution in [0.2, 0.25) is 0 Å². The van der Waals surface area contributed by atoms with Crippen LogP contribution in [-0.4, -0.2) is 54.9 Å². The molecule has 8 nitrogen and oxygen atoms in total. The van der Waals surface area contributed by atoms with Crippen molar-refractivity contribution >= 4 is 17.5 Å². The number of hydrogen-bond donors (Lipinski definition) is 4. The maximum atomic E-state index is 11.7. The Morgan fingerprint density at radius 3 is 3.06 bits per heavy atom. The van der Waals surface area contributed by atoms with Gasteiger partial charge >= 0.3 is 0 Å². The lowest BCUT2D eigenvalue weighted by molar-refractivity contribution is -0.00369. The van der Waals surface area contributed by atoms with Crippen molar-refractivity contribution in [2.75, 3.05) is 50.2 Å². The topological polar surface area (TPSA) is 108 Å². The summed E-state index contributed by atoms with van der Waals surface area (Å²) in [5, 5.41) is 5.87. The van der Waals surface area contributed by atoms with Crippen molar-refractivity contribution < 1.29 is 4.74 Å². The number of hydrogen-bond acceptors (Lipinski definition) is 7. The number of anilines is 3. The van der Waals surface area contributed by atoms with Crippen molar-refractivity contribution in [3.8, 4) is 0 Å². The van der Waals surface area contributed by atoms with E-state index in [2.05, 4.69) is 25.5 Å². The van der Waals surface area contributed by atoms with Crippen LogP contribution in [0.1, 0.15) is 0 Å². The molecular formula is C10H18N6O2. The highest BCUT2D eigenvalue weighted by Gasteiger charge is 2.20. The molecule has 1 aliphatic heterocycles. The number of nitrogen functional groups attached to an aromatic ring is 1. The van der Waals surface area contributed by atoms with E-state index < -0.39 is 0 Å². The molecule has 1 fully saturated rings. The summed E-state index contributed by atoms with van der Waals surface area (Å²) in [4.78, 5) is 20.3. The van der Waals surface area contributed by atoms with Crippen LogP contribution in [0.3, 0.4) is 0 Å². The molecule has 1 aromatic rings. The Bertz CT molecular complexity index is 474. The van der Waals surface area contributed by atoms with Crippen LogP contribution in [0.5, 0.6) is 0 Å². The molecule has 1 unspecified atom stereocenters. The first-order valence-corrected chi connectivity index (χ1v) is 5.74. The summed E-state index contributed by atoms with van der Waals surface area (Å²) in [7, 11) is 3.66. The number of nitrogens with two attached hydrogens (primary N) is 1. The third kappa shape index (κ3) is 2.71. The Morgan fingerprint density at radius 2 is 2.39 bits per heavy atom.